The Morgan fingerprint density at radius 2 is 1.86 bits per heavy atom. The number of anilines is 2. The molecule has 8 rings (SSSR count). The summed E-state index contributed by atoms with van der Waals surface area (Å²) in [6.45, 7) is 4.96. The molecular formula is C34H31ClF3N11O2. The highest BCUT2D eigenvalue weighted by molar-refractivity contribution is 6.28. The van der Waals surface area contributed by atoms with Crippen molar-refractivity contribution in [1.29, 1.82) is 0 Å². The monoisotopic (exact) mass is 717 g/mol. The lowest BCUT2D eigenvalue weighted by Crippen LogP contribution is -2.47. The predicted octanol–water partition coefficient (Wildman–Crippen LogP) is 4.94. The second-order valence-corrected chi connectivity index (χ2v) is 12.9. The van der Waals surface area contributed by atoms with Crippen molar-refractivity contribution in [1.82, 2.24) is 44.2 Å². The molecule has 1 fully saturated rings. The SMILES string of the molecule is CCOC1CN(C)C(=O)C2CC(CN2c2nc(Cl)nc3c2cnn3-c2ccc(F)cc2F)Nc2nccc(n2)-c2cc(F)cc3nc(C)n(c23)C1. The summed E-state index contributed by atoms with van der Waals surface area (Å²) in [4.78, 5) is 40.6. The van der Waals surface area contributed by atoms with Gasteiger partial charge in [0, 0.05) is 56.7 Å². The van der Waals surface area contributed by atoms with Gasteiger partial charge in [-0.25, -0.2) is 32.8 Å². The number of ether oxygens (including phenoxy) is 1. The van der Waals surface area contributed by atoms with Gasteiger partial charge in [0.25, 0.3) is 0 Å². The van der Waals surface area contributed by atoms with Crippen LogP contribution in [0.3, 0.4) is 0 Å². The van der Waals surface area contributed by atoms with Gasteiger partial charge in [0.2, 0.25) is 17.1 Å². The third-order valence-corrected chi connectivity index (χ3v) is 9.45. The lowest BCUT2D eigenvalue weighted by molar-refractivity contribution is -0.133. The Bertz CT molecular complexity index is 2330. The summed E-state index contributed by atoms with van der Waals surface area (Å²) in [5.41, 5.74) is 2.36. The summed E-state index contributed by atoms with van der Waals surface area (Å²) >= 11 is 6.47. The number of carbonyl (C=O) groups is 1. The standard InChI is InChI=1S/C34H31ClF3N11O2/c1-4-51-21-15-46(3)32(50)28-12-20(42-34-39-8-7-25(43-34)22-9-19(37)11-26-29(22)47(16-21)17(2)41-26)14-48(28)30-23-13-40-49(31(23)45-33(35)44-30)27-6-5-18(36)10-24(27)38/h5-11,13,20-21,28H,4,12,14-16H2,1-3H3,(H,39,42,43). The van der Waals surface area contributed by atoms with E-state index in [9.17, 15) is 18.0 Å². The maximum absolute atomic E-state index is 15.0. The lowest BCUT2D eigenvalue weighted by atomic mass is 10.1. The highest BCUT2D eigenvalue weighted by Gasteiger charge is 2.41. The van der Waals surface area contributed by atoms with Crippen LogP contribution in [0.15, 0.2) is 48.8 Å². The number of fused-ring (bicyclic) bond motifs is 6. The van der Waals surface area contributed by atoms with Crippen molar-refractivity contribution in [2.75, 3.05) is 37.0 Å². The highest BCUT2D eigenvalue weighted by atomic mass is 35.5. The van der Waals surface area contributed by atoms with Gasteiger partial charge < -0.3 is 24.4 Å². The largest absolute Gasteiger partial charge is 0.375 e. The number of nitrogens with one attached hydrogen (secondary N) is 1. The van der Waals surface area contributed by atoms with Crippen LogP contribution in [0.2, 0.25) is 5.28 Å². The fraction of sp³-hybridized carbons (Fsp3) is 0.324. The first-order valence-electron chi connectivity index (χ1n) is 16.3. The maximum Gasteiger partial charge on any atom is 0.245 e. The molecule has 13 nitrogen and oxygen atoms in total. The molecule has 1 amide bonds. The number of nitrogens with zero attached hydrogens (tertiary/aromatic N) is 10. The average molecular weight is 718 g/mol. The van der Waals surface area contributed by atoms with Gasteiger partial charge in [-0.2, -0.15) is 15.1 Å². The molecule has 0 saturated carbocycles. The van der Waals surface area contributed by atoms with Gasteiger partial charge in [-0.1, -0.05) is 0 Å². The van der Waals surface area contributed by atoms with Crippen molar-refractivity contribution in [3.05, 3.63) is 77.4 Å². The molecule has 17 heteroatoms. The van der Waals surface area contributed by atoms with E-state index in [4.69, 9.17) is 21.3 Å². The van der Waals surface area contributed by atoms with Gasteiger partial charge in [-0.3, -0.25) is 4.79 Å². The fourth-order valence-corrected chi connectivity index (χ4v) is 7.27. The summed E-state index contributed by atoms with van der Waals surface area (Å²) in [7, 11) is 1.72. The maximum atomic E-state index is 15.0. The summed E-state index contributed by atoms with van der Waals surface area (Å²) < 4.78 is 53.0. The van der Waals surface area contributed by atoms with Gasteiger partial charge in [-0.05, 0) is 56.1 Å². The Balaban J connectivity index is 1.24. The zero-order valence-electron chi connectivity index (χ0n) is 27.7. The van der Waals surface area contributed by atoms with Gasteiger partial charge >= 0.3 is 0 Å². The van der Waals surface area contributed by atoms with E-state index in [1.165, 1.54) is 29.1 Å². The van der Waals surface area contributed by atoms with Crippen molar-refractivity contribution in [2.45, 2.75) is 45.0 Å². The van der Waals surface area contributed by atoms with E-state index in [-0.39, 0.29) is 47.6 Å². The van der Waals surface area contributed by atoms with Crippen LogP contribution < -0.4 is 10.2 Å². The number of imidazole rings is 1. The molecule has 2 aliphatic heterocycles. The number of aryl methyl sites for hydroxylation is 1. The summed E-state index contributed by atoms with van der Waals surface area (Å²) in [6, 6.07) is 6.58. The number of likely N-dealkylation sites (N-methyl/N-ethyl adjacent to an activating group) is 1. The minimum Gasteiger partial charge on any atom is -0.375 e. The molecule has 4 aromatic heterocycles. The molecule has 2 aromatic carbocycles. The average Bonchev–Trinajstić information content (AvgIpc) is 3.79. The van der Waals surface area contributed by atoms with E-state index in [0.717, 1.165) is 12.1 Å². The number of aromatic nitrogens is 8. The first-order valence-corrected chi connectivity index (χ1v) is 16.7. The van der Waals surface area contributed by atoms with E-state index in [1.807, 2.05) is 23.3 Å². The molecule has 2 aliphatic rings. The minimum atomic E-state index is -0.840. The van der Waals surface area contributed by atoms with E-state index in [1.54, 1.807) is 24.2 Å². The van der Waals surface area contributed by atoms with Crippen LogP contribution in [-0.4, -0.2) is 95.0 Å². The molecule has 0 radical (unpaired) electrons. The number of hydrogen-bond acceptors (Lipinski definition) is 10. The summed E-state index contributed by atoms with van der Waals surface area (Å²) in [5, 5.41) is 7.97. The fourth-order valence-electron chi connectivity index (χ4n) is 7.11. The molecule has 3 atom stereocenters. The predicted molar refractivity (Wildman–Crippen MR) is 183 cm³/mol. The molecule has 1 N–H and O–H groups in total. The minimum absolute atomic E-state index is 0.0345. The summed E-state index contributed by atoms with van der Waals surface area (Å²) in [6.07, 6.45) is 2.93. The van der Waals surface area contributed by atoms with Crippen LogP contribution in [0, 0.1) is 24.4 Å². The number of amides is 1. The second kappa shape index (κ2) is 12.8. The Labute approximate surface area is 294 Å². The van der Waals surface area contributed by atoms with Crippen molar-refractivity contribution in [3.63, 3.8) is 0 Å². The molecule has 1 saturated heterocycles. The van der Waals surface area contributed by atoms with E-state index >= 15 is 0 Å². The Hall–Kier alpha value is -5.35. The first-order chi connectivity index (χ1) is 24.6. The van der Waals surface area contributed by atoms with Crippen molar-refractivity contribution >= 4 is 51.3 Å². The van der Waals surface area contributed by atoms with E-state index in [0.29, 0.717) is 58.9 Å². The number of hydrogen-bond donors (Lipinski definition) is 1. The number of rotatable bonds is 4. The van der Waals surface area contributed by atoms with Gasteiger partial charge in [0.05, 0.1) is 41.0 Å². The molecule has 0 spiro atoms. The van der Waals surface area contributed by atoms with Gasteiger partial charge in [-0.15, -0.1) is 0 Å². The number of carbonyl (C=O) groups excluding carboxylic acids is 1. The molecule has 4 bridgehead atoms. The third kappa shape index (κ3) is 5.87. The molecule has 6 aromatic rings. The Morgan fingerprint density at radius 1 is 1.02 bits per heavy atom. The lowest BCUT2D eigenvalue weighted by Gasteiger charge is -2.31. The van der Waals surface area contributed by atoms with Gasteiger partial charge in [0.1, 0.15) is 35.0 Å². The zero-order chi connectivity index (χ0) is 35.6. The van der Waals surface area contributed by atoms with Crippen LogP contribution in [0.4, 0.5) is 24.9 Å². The topological polar surface area (TPSA) is 132 Å². The molecule has 6 heterocycles. The Kier molecular flexibility index (Phi) is 8.21. The molecule has 0 aliphatic carbocycles. The molecular weight excluding hydrogens is 687 g/mol. The number of benzene rings is 2. The Morgan fingerprint density at radius 3 is 2.67 bits per heavy atom. The van der Waals surface area contributed by atoms with E-state index in [2.05, 4.69) is 30.4 Å². The third-order valence-electron chi connectivity index (χ3n) is 9.28. The smallest absolute Gasteiger partial charge is 0.245 e. The molecule has 51 heavy (non-hydrogen) atoms. The van der Waals surface area contributed by atoms with Crippen LogP contribution in [0.5, 0.6) is 0 Å². The number of halogens is 4. The van der Waals surface area contributed by atoms with Crippen molar-refractivity contribution in [3.8, 4) is 16.9 Å². The van der Waals surface area contributed by atoms with Crippen LogP contribution >= 0.6 is 11.6 Å². The zero-order valence-corrected chi connectivity index (χ0v) is 28.4. The highest BCUT2D eigenvalue weighted by Crippen LogP contribution is 2.35. The van der Waals surface area contributed by atoms with Crippen molar-refractivity contribution in [2.24, 2.45) is 0 Å². The quantitative estimate of drug-likeness (QED) is 0.250. The normalized spacial score (nSPS) is 19.4. The second-order valence-electron chi connectivity index (χ2n) is 12.6. The van der Waals surface area contributed by atoms with E-state index < -0.39 is 29.6 Å². The van der Waals surface area contributed by atoms with Crippen LogP contribution in [-0.2, 0) is 16.1 Å². The van der Waals surface area contributed by atoms with Crippen molar-refractivity contribution < 1.29 is 22.7 Å². The molecule has 3 unspecified atom stereocenters. The molecule has 262 valence electrons. The van der Waals surface area contributed by atoms with Crippen LogP contribution in [0.1, 0.15) is 19.2 Å². The van der Waals surface area contributed by atoms with Gasteiger partial charge in [0.15, 0.2) is 11.5 Å². The first kappa shape index (κ1) is 32.8. The summed E-state index contributed by atoms with van der Waals surface area (Å²) in [5.74, 6) is -0.979. The van der Waals surface area contributed by atoms with Crippen LogP contribution in [0.25, 0.3) is 39.0 Å².